The van der Waals surface area contributed by atoms with Crippen LogP contribution in [0.25, 0.3) is 0 Å². The van der Waals surface area contributed by atoms with Crippen molar-refractivity contribution < 1.29 is 13.5 Å². The second-order valence-corrected chi connectivity index (χ2v) is 11.4. The number of rotatable bonds is 10. The molecule has 2 aromatic carbocycles. The van der Waals surface area contributed by atoms with Gasteiger partial charge >= 0.3 is 10.2 Å². The van der Waals surface area contributed by atoms with E-state index in [1.807, 2.05) is 36.4 Å². The van der Waals surface area contributed by atoms with Crippen molar-refractivity contribution in [2.24, 2.45) is 5.92 Å². The number of piperidine rings is 1. The molecule has 2 unspecified atom stereocenters. The zero-order valence-corrected chi connectivity index (χ0v) is 20.7. The average Bonchev–Trinajstić information content (AvgIpc) is 3.43. The quantitative estimate of drug-likeness (QED) is 0.378. The molecule has 2 aliphatic rings. The minimum atomic E-state index is -3.60. The molecule has 3 aromatic rings. The number of aryl methyl sites for hydroxylation is 1. The van der Waals surface area contributed by atoms with Gasteiger partial charge in [-0.1, -0.05) is 48.0 Å². The molecule has 8 heteroatoms. The lowest BCUT2D eigenvalue weighted by molar-refractivity contribution is 0.174. The summed E-state index contributed by atoms with van der Waals surface area (Å²) < 4.78 is 30.4. The largest absolute Gasteiger partial charge is 0.387 e. The van der Waals surface area contributed by atoms with Gasteiger partial charge in [0.2, 0.25) is 0 Å². The Morgan fingerprint density at radius 2 is 1.91 bits per heavy atom. The molecule has 1 aliphatic heterocycles. The van der Waals surface area contributed by atoms with Gasteiger partial charge in [0.1, 0.15) is 0 Å². The highest BCUT2D eigenvalue weighted by molar-refractivity contribution is 7.90. The smallest absolute Gasteiger partial charge is 0.301 e. The molecule has 1 aliphatic carbocycles. The van der Waals surface area contributed by atoms with Gasteiger partial charge in [-0.2, -0.15) is 12.7 Å². The van der Waals surface area contributed by atoms with Crippen LogP contribution in [0.4, 0.5) is 5.69 Å². The molecule has 35 heavy (non-hydrogen) atoms. The van der Waals surface area contributed by atoms with Gasteiger partial charge < -0.3 is 10.4 Å². The predicted octanol–water partition coefficient (Wildman–Crippen LogP) is 3.19. The summed E-state index contributed by atoms with van der Waals surface area (Å²) in [4.78, 5) is 4.03. The molecule has 2 heterocycles. The van der Waals surface area contributed by atoms with Gasteiger partial charge in [-0.15, -0.1) is 0 Å². The minimum Gasteiger partial charge on any atom is -0.387 e. The Labute approximate surface area is 207 Å². The molecule has 2 fully saturated rings. The molecule has 0 spiro atoms. The Morgan fingerprint density at radius 3 is 2.63 bits per heavy atom. The fourth-order valence-electron chi connectivity index (χ4n) is 5.07. The summed E-state index contributed by atoms with van der Waals surface area (Å²) >= 11 is 0. The number of anilines is 1. The number of aromatic nitrogens is 1. The van der Waals surface area contributed by atoms with Crippen molar-refractivity contribution in [2.75, 3.05) is 30.9 Å². The van der Waals surface area contributed by atoms with Crippen LogP contribution in [0.5, 0.6) is 0 Å². The number of benzene rings is 2. The van der Waals surface area contributed by atoms with Crippen LogP contribution in [0.15, 0.2) is 73.1 Å². The standard InChI is InChI=1S/C27H32N4O3S/c1-20-4-8-23(9-5-20)27-15-24(27)18-31(19-27)35(33,34)30-25-10-6-21(7-11-25)12-14-29-17-26(32)22-3-2-13-28-16-22/h2-11,13,16,24,26,29-30,32H,12,14-15,17-19H2,1H3/t24?,26-,27?/m0/s1. The molecule has 0 amide bonds. The summed E-state index contributed by atoms with van der Waals surface area (Å²) in [6.07, 6.45) is 4.59. The Kier molecular flexibility index (Phi) is 6.63. The van der Waals surface area contributed by atoms with Crippen LogP contribution in [0, 0.1) is 12.8 Å². The van der Waals surface area contributed by atoms with E-state index < -0.39 is 16.3 Å². The third-order valence-electron chi connectivity index (χ3n) is 7.28. The SMILES string of the molecule is Cc1ccc(C23CC2CN(S(=O)(=O)Nc2ccc(CCNC[C@H](O)c4cccnc4)cc2)C3)cc1. The molecule has 1 aromatic heterocycles. The van der Waals surface area contributed by atoms with Crippen LogP contribution in [-0.2, 0) is 22.0 Å². The van der Waals surface area contributed by atoms with Crippen LogP contribution < -0.4 is 10.0 Å². The average molecular weight is 493 g/mol. The van der Waals surface area contributed by atoms with E-state index in [9.17, 15) is 13.5 Å². The maximum absolute atomic E-state index is 13.0. The van der Waals surface area contributed by atoms with Gasteiger partial charge in [-0.05, 0) is 61.6 Å². The van der Waals surface area contributed by atoms with E-state index in [-0.39, 0.29) is 5.41 Å². The zero-order chi connectivity index (χ0) is 24.5. The van der Waals surface area contributed by atoms with E-state index in [1.165, 1.54) is 11.1 Å². The summed E-state index contributed by atoms with van der Waals surface area (Å²) in [6.45, 7) is 4.32. The second kappa shape index (κ2) is 9.70. The molecule has 5 rings (SSSR count). The van der Waals surface area contributed by atoms with E-state index in [0.29, 0.717) is 37.8 Å². The lowest BCUT2D eigenvalue weighted by Crippen LogP contribution is -2.37. The van der Waals surface area contributed by atoms with Gasteiger partial charge in [0, 0.05) is 48.7 Å². The lowest BCUT2D eigenvalue weighted by Gasteiger charge is -2.22. The molecule has 0 bridgehead atoms. The highest BCUT2D eigenvalue weighted by atomic mass is 32.2. The molecular weight excluding hydrogens is 460 g/mol. The van der Waals surface area contributed by atoms with E-state index in [1.54, 1.807) is 16.7 Å². The first-order valence-corrected chi connectivity index (χ1v) is 13.5. The van der Waals surface area contributed by atoms with Crippen LogP contribution in [-0.4, -0.2) is 49.0 Å². The van der Waals surface area contributed by atoms with Crippen molar-refractivity contribution in [2.45, 2.75) is 31.3 Å². The van der Waals surface area contributed by atoms with E-state index in [2.05, 4.69) is 46.2 Å². The molecular formula is C27H32N4O3S. The molecule has 0 radical (unpaired) electrons. The number of hydrogen-bond donors (Lipinski definition) is 3. The van der Waals surface area contributed by atoms with Crippen LogP contribution in [0.2, 0.25) is 0 Å². The molecule has 3 atom stereocenters. The zero-order valence-electron chi connectivity index (χ0n) is 19.9. The number of fused-ring (bicyclic) bond motifs is 1. The van der Waals surface area contributed by atoms with Gasteiger partial charge in [0.05, 0.1) is 6.10 Å². The first-order valence-electron chi connectivity index (χ1n) is 12.1. The van der Waals surface area contributed by atoms with Crippen LogP contribution >= 0.6 is 0 Å². The Morgan fingerprint density at radius 1 is 1.14 bits per heavy atom. The van der Waals surface area contributed by atoms with Crippen molar-refractivity contribution in [3.8, 4) is 0 Å². The lowest BCUT2D eigenvalue weighted by atomic mass is 9.94. The minimum absolute atomic E-state index is 0.0239. The Hall–Kier alpha value is -2.78. The van der Waals surface area contributed by atoms with Crippen molar-refractivity contribution in [3.05, 3.63) is 95.3 Å². The van der Waals surface area contributed by atoms with Crippen LogP contribution in [0.1, 0.15) is 34.8 Å². The molecule has 184 valence electrons. The number of nitrogens with one attached hydrogen (secondary N) is 2. The fourth-order valence-corrected chi connectivity index (χ4v) is 6.41. The summed E-state index contributed by atoms with van der Waals surface area (Å²) in [5.74, 6) is 0.397. The van der Waals surface area contributed by atoms with Crippen molar-refractivity contribution >= 4 is 15.9 Å². The predicted molar refractivity (Wildman–Crippen MR) is 137 cm³/mol. The first-order chi connectivity index (χ1) is 16.9. The summed E-state index contributed by atoms with van der Waals surface area (Å²) in [5.41, 5.74) is 4.89. The van der Waals surface area contributed by atoms with Gasteiger partial charge in [-0.3, -0.25) is 9.71 Å². The Balaban J connectivity index is 1.11. The topological polar surface area (TPSA) is 94.6 Å². The molecule has 7 nitrogen and oxygen atoms in total. The second-order valence-electron chi connectivity index (χ2n) is 9.78. The number of aliphatic hydroxyl groups is 1. The van der Waals surface area contributed by atoms with Crippen molar-refractivity contribution in [1.82, 2.24) is 14.6 Å². The van der Waals surface area contributed by atoms with E-state index in [4.69, 9.17) is 0 Å². The Bertz CT molecular complexity index is 1250. The summed E-state index contributed by atoms with van der Waals surface area (Å²) in [7, 11) is -3.60. The fraction of sp³-hybridized carbons (Fsp3) is 0.370. The molecule has 1 saturated carbocycles. The van der Waals surface area contributed by atoms with Gasteiger partial charge in [0.15, 0.2) is 0 Å². The first kappa shape index (κ1) is 23.9. The normalized spacial score (nSPS) is 22.5. The molecule has 1 saturated heterocycles. The van der Waals surface area contributed by atoms with Crippen LogP contribution in [0.3, 0.4) is 0 Å². The van der Waals surface area contributed by atoms with Gasteiger partial charge in [0.25, 0.3) is 0 Å². The summed E-state index contributed by atoms with van der Waals surface area (Å²) in [6, 6.07) is 19.7. The van der Waals surface area contributed by atoms with E-state index >= 15 is 0 Å². The monoisotopic (exact) mass is 492 g/mol. The number of hydrogen-bond acceptors (Lipinski definition) is 5. The summed E-state index contributed by atoms with van der Waals surface area (Å²) in [5, 5.41) is 13.4. The number of aliphatic hydroxyl groups excluding tert-OH is 1. The highest BCUT2D eigenvalue weighted by Crippen LogP contribution is 2.59. The maximum Gasteiger partial charge on any atom is 0.301 e. The van der Waals surface area contributed by atoms with Crippen molar-refractivity contribution in [1.29, 1.82) is 0 Å². The van der Waals surface area contributed by atoms with E-state index in [0.717, 1.165) is 24.0 Å². The third-order valence-corrected chi connectivity index (χ3v) is 8.73. The maximum atomic E-state index is 13.0. The van der Waals surface area contributed by atoms with Gasteiger partial charge in [-0.25, -0.2) is 0 Å². The third kappa shape index (κ3) is 5.26. The highest BCUT2D eigenvalue weighted by Gasteiger charge is 2.62. The van der Waals surface area contributed by atoms with Crippen molar-refractivity contribution in [3.63, 3.8) is 0 Å². The molecule has 3 N–H and O–H groups in total. The number of nitrogens with zero attached hydrogens (tertiary/aromatic N) is 2. The number of pyridine rings is 1.